The monoisotopic (exact) mass is 460 g/mol. The Morgan fingerprint density at radius 2 is 1.71 bits per heavy atom. The highest BCUT2D eigenvalue weighted by Crippen LogP contribution is 2.44. The smallest absolute Gasteiger partial charge is 0.408 e. The summed E-state index contributed by atoms with van der Waals surface area (Å²) in [5, 5.41) is 18.3. The van der Waals surface area contributed by atoms with E-state index in [0.29, 0.717) is 18.5 Å². The molecule has 2 aromatic carbocycles. The van der Waals surface area contributed by atoms with Gasteiger partial charge in [-0.15, -0.1) is 0 Å². The lowest BCUT2D eigenvalue weighted by Gasteiger charge is -2.40. The van der Waals surface area contributed by atoms with E-state index in [-0.39, 0.29) is 25.0 Å². The van der Waals surface area contributed by atoms with E-state index in [4.69, 9.17) is 9.84 Å². The number of fused-ring (bicyclic) bond motifs is 3. The van der Waals surface area contributed by atoms with Gasteiger partial charge in [-0.05, 0) is 41.5 Å². The number of anilines is 1. The van der Waals surface area contributed by atoms with E-state index in [1.165, 1.54) is 17.1 Å². The number of benzene rings is 2. The van der Waals surface area contributed by atoms with Crippen LogP contribution >= 0.6 is 0 Å². The number of nitrogens with zero attached hydrogens (tertiary/aromatic N) is 2. The zero-order chi connectivity index (χ0) is 23.7. The Labute approximate surface area is 195 Å². The first kappa shape index (κ1) is 21.7. The van der Waals surface area contributed by atoms with Gasteiger partial charge in [0.15, 0.2) is 0 Å². The van der Waals surface area contributed by atoms with Gasteiger partial charge in [-0.25, -0.2) is 4.79 Å². The van der Waals surface area contributed by atoms with Gasteiger partial charge < -0.3 is 20.5 Å². The highest BCUT2D eigenvalue weighted by atomic mass is 16.5. The average Bonchev–Trinajstić information content (AvgIpc) is 3.36. The number of carboxylic acid groups (broad SMARTS) is 1. The van der Waals surface area contributed by atoms with Gasteiger partial charge >= 0.3 is 12.1 Å². The number of hydrogen-bond acceptors (Lipinski definition) is 5. The number of hydrogen-bond donors (Lipinski definition) is 3. The first-order valence-corrected chi connectivity index (χ1v) is 11.1. The van der Waals surface area contributed by atoms with Crippen molar-refractivity contribution in [2.24, 2.45) is 0 Å². The summed E-state index contributed by atoms with van der Waals surface area (Å²) in [5.41, 5.74) is 3.83. The number of carbonyl (C=O) groups is 3. The van der Waals surface area contributed by atoms with E-state index in [0.717, 1.165) is 28.7 Å². The maximum atomic E-state index is 12.9. The molecule has 5 rings (SSSR count). The van der Waals surface area contributed by atoms with Crippen molar-refractivity contribution in [1.29, 1.82) is 0 Å². The fourth-order valence-electron chi connectivity index (χ4n) is 4.67. The SMILES string of the molecule is O=C(O)Cn1cc(NC(=O)C2(NC(=O)OCC3c4ccccc4-c4ccccc43)CCC2)cn1. The molecule has 34 heavy (non-hydrogen) atoms. The molecule has 0 bridgehead atoms. The molecule has 0 spiro atoms. The van der Waals surface area contributed by atoms with Gasteiger partial charge in [-0.2, -0.15) is 5.10 Å². The third-order valence-corrected chi connectivity index (χ3v) is 6.52. The normalized spacial score (nSPS) is 15.5. The summed E-state index contributed by atoms with van der Waals surface area (Å²) in [4.78, 5) is 36.5. The van der Waals surface area contributed by atoms with Crippen molar-refractivity contribution < 1.29 is 24.2 Å². The summed E-state index contributed by atoms with van der Waals surface area (Å²) in [6.45, 7) is -0.140. The van der Waals surface area contributed by atoms with Crippen LogP contribution in [0.5, 0.6) is 0 Å². The van der Waals surface area contributed by atoms with Crippen LogP contribution in [-0.2, 0) is 20.9 Å². The number of alkyl carbamates (subject to hydrolysis) is 1. The molecule has 174 valence electrons. The van der Waals surface area contributed by atoms with Crippen LogP contribution in [0.25, 0.3) is 11.1 Å². The molecule has 2 amide bonds. The molecule has 1 fully saturated rings. The van der Waals surface area contributed by atoms with Gasteiger partial charge in [0.1, 0.15) is 18.7 Å². The molecule has 3 N–H and O–H groups in total. The van der Waals surface area contributed by atoms with E-state index in [2.05, 4.69) is 27.9 Å². The highest BCUT2D eigenvalue weighted by molar-refractivity contribution is 6.00. The number of amides is 2. The molecule has 0 aliphatic heterocycles. The minimum atomic E-state index is -1.06. The van der Waals surface area contributed by atoms with Crippen LogP contribution < -0.4 is 10.6 Å². The predicted octanol–water partition coefficient (Wildman–Crippen LogP) is 3.37. The van der Waals surface area contributed by atoms with E-state index in [9.17, 15) is 14.4 Å². The molecule has 3 aromatic rings. The van der Waals surface area contributed by atoms with Gasteiger partial charge in [0, 0.05) is 12.1 Å². The number of ether oxygens (including phenoxy) is 1. The van der Waals surface area contributed by atoms with Gasteiger partial charge in [0.2, 0.25) is 5.91 Å². The van der Waals surface area contributed by atoms with E-state index in [1.54, 1.807) is 0 Å². The quantitative estimate of drug-likeness (QED) is 0.497. The zero-order valence-electron chi connectivity index (χ0n) is 18.4. The molecule has 2 aliphatic carbocycles. The van der Waals surface area contributed by atoms with Crippen LogP contribution in [-0.4, -0.2) is 45.0 Å². The molecule has 0 atom stereocenters. The van der Waals surface area contributed by atoms with Crippen molar-refractivity contribution in [2.75, 3.05) is 11.9 Å². The van der Waals surface area contributed by atoms with Crippen LogP contribution in [0.1, 0.15) is 36.3 Å². The minimum Gasteiger partial charge on any atom is -0.480 e. The second-order valence-electron chi connectivity index (χ2n) is 8.66. The molecule has 0 unspecified atom stereocenters. The number of rotatable bonds is 7. The van der Waals surface area contributed by atoms with Crippen molar-refractivity contribution in [3.63, 3.8) is 0 Å². The second kappa shape index (κ2) is 8.66. The van der Waals surface area contributed by atoms with Crippen molar-refractivity contribution in [3.05, 3.63) is 72.1 Å². The number of carbonyl (C=O) groups excluding carboxylic acids is 2. The molecule has 0 saturated heterocycles. The zero-order valence-corrected chi connectivity index (χ0v) is 18.4. The molecule has 9 nitrogen and oxygen atoms in total. The predicted molar refractivity (Wildman–Crippen MR) is 123 cm³/mol. The standard InChI is InChI=1S/C25H24N4O5/c30-22(31)14-29-13-16(12-26-29)27-23(32)25(10-5-11-25)28-24(33)34-15-21-19-8-3-1-6-17(19)18-7-2-4-9-20(18)21/h1-4,6-9,12-13,21H,5,10-11,14-15H2,(H,27,32)(H,28,33)(H,30,31). The van der Waals surface area contributed by atoms with Crippen LogP contribution in [0.15, 0.2) is 60.9 Å². The van der Waals surface area contributed by atoms with E-state index in [1.807, 2.05) is 36.4 Å². The topological polar surface area (TPSA) is 123 Å². The Balaban J connectivity index is 1.23. The number of aliphatic carboxylic acids is 1. The molecule has 1 saturated carbocycles. The number of nitrogens with one attached hydrogen (secondary N) is 2. The Hall–Kier alpha value is -4.14. The third kappa shape index (κ3) is 4.00. The second-order valence-corrected chi connectivity index (χ2v) is 8.66. The Kier molecular flexibility index (Phi) is 5.53. The maximum Gasteiger partial charge on any atom is 0.408 e. The van der Waals surface area contributed by atoms with Crippen molar-refractivity contribution in [2.45, 2.75) is 37.3 Å². The lowest BCUT2D eigenvalue weighted by Crippen LogP contribution is -2.61. The molecular formula is C25H24N4O5. The minimum absolute atomic E-state index is 0.0654. The molecule has 1 heterocycles. The van der Waals surface area contributed by atoms with E-state index < -0.39 is 17.6 Å². The lowest BCUT2D eigenvalue weighted by molar-refractivity contribution is -0.137. The maximum absolute atomic E-state index is 12.9. The van der Waals surface area contributed by atoms with E-state index >= 15 is 0 Å². The van der Waals surface area contributed by atoms with Gasteiger partial charge in [-0.3, -0.25) is 14.3 Å². The summed E-state index contributed by atoms with van der Waals surface area (Å²) in [5.74, 6) is -1.47. The van der Waals surface area contributed by atoms with Gasteiger partial charge in [-0.1, -0.05) is 48.5 Å². The first-order valence-electron chi connectivity index (χ1n) is 11.1. The van der Waals surface area contributed by atoms with Crippen molar-refractivity contribution >= 4 is 23.7 Å². The Morgan fingerprint density at radius 3 is 2.29 bits per heavy atom. The van der Waals surface area contributed by atoms with Crippen LogP contribution in [0, 0.1) is 0 Å². The lowest BCUT2D eigenvalue weighted by atomic mass is 9.76. The highest BCUT2D eigenvalue weighted by Gasteiger charge is 2.46. The number of carboxylic acids is 1. The summed E-state index contributed by atoms with van der Waals surface area (Å²) in [7, 11) is 0. The summed E-state index contributed by atoms with van der Waals surface area (Å²) in [6.07, 6.45) is 3.96. The summed E-state index contributed by atoms with van der Waals surface area (Å²) in [6, 6.07) is 16.2. The Bertz CT molecular complexity index is 1220. The fourth-order valence-corrected chi connectivity index (χ4v) is 4.67. The molecule has 1 aromatic heterocycles. The third-order valence-electron chi connectivity index (χ3n) is 6.52. The fraction of sp³-hybridized carbons (Fsp3) is 0.280. The summed E-state index contributed by atoms with van der Waals surface area (Å²) < 4.78 is 6.82. The first-order chi connectivity index (χ1) is 16.4. The van der Waals surface area contributed by atoms with Gasteiger partial charge in [0.25, 0.3) is 0 Å². The molecule has 2 aliphatic rings. The van der Waals surface area contributed by atoms with Gasteiger partial charge in [0.05, 0.1) is 11.9 Å². The van der Waals surface area contributed by atoms with Crippen LogP contribution in [0.3, 0.4) is 0 Å². The number of aromatic nitrogens is 2. The summed E-state index contributed by atoms with van der Waals surface area (Å²) >= 11 is 0. The molecule has 9 heteroatoms. The van der Waals surface area contributed by atoms with Crippen molar-refractivity contribution in [1.82, 2.24) is 15.1 Å². The van der Waals surface area contributed by atoms with Crippen molar-refractivity contribution in [3.8, 4) is 11.1 Å². The largest absolute Gasteiger partial charge is 0.480 e. The Morgan fingerprint density at radius 1 is 1.06 bits per heavy atom. The molecular weight excluding hydrogens is 436 g/mol. The van der Waals surface area contributed by atoms with Crippen LogP contribution in [0.2, 0.25) is 0 Å². The molecule has 0 radical (unpaired) electrons. The van der Waals surface area contributed by atoms with Crippen LogP contribution in [0.4, 0.5) is 10.5 Å². The average molecular weight is 460 g/mol.